The van der Waals surface area contributed by atoms with Gasteiger partial charge < -0.3 is 14.6 Å². The van der Waals surface area contributed by atoms with Crippen LogP contribution in [0.3, 0.4) is 0 Å². The Bertz CT molecular complexity index is 778. The third kappa shape index (κ3) is 5.92. The van der Waals surface area contributed by atoms with Crippen LogP contribution in [0.25, 0.3) is 0 Å². The lowest BCUT2D eigenvalue weighted by Crippen LogP contribution is -2.49. The van der Waals surface area contributed by atoms with Gasteiger partial charge in [-0.05, 0) is 17.5 Å². The van der Waals surface area contributed by atoms with E-state index in [-0.39, 0.29) is 12.6 Å². The number of aliphatic hydroxyl groups is 1. The zero-order chi connectivity index (χ0) is 20.5. The number of amides is 1. The molecule has 1 amide bonds. The van der Waals surface area contributed by atoms with E-state index in [4.69, 9.17) is 9.47 Å². The number of rotatable bonds is 9. The second-order valence-electron chi connectivity index (χ2n) is 7.25. The van der Waals surface area contributed by atoms with Gasteiger partial charge in [-0.25, -0.2) is 4.79 Å². The van der Waals surface area contributed by atoms with Crippen molar-refractivity contribution in [2.45, 2.75) is 51.2 Å². The summed E-state index contributed by atoms with van der Waals surface area (Å²) in [5.74, 6) is 0. The quantitative estimate of drug-likeness (QED) is 0.643. The van der Waals surface area contributed by atoms with E-state index in [9.17, 15) is 9.90 Å². The highest BCUT2D eigenvalue weighted by atomic mass is 16.6. The molecule has 1 aliphatic heterocycles. The van der Waals surface area contributed by atoms with Gasteiger partial charge in [0.2, 0.25) is 0 Å². The van der Waals surface area contributed by atoms with Crippen molar-refractivity contribution in [2.24, 2.45) is 0 Å². The van der Waals surface area contributed by atoms with Crippen LogP contribution in [0.15, 0.2) is 72.8 Å². The van der Waals surface area contributed by atoms with Gasteiger partial charge in [-0.3, -0.25) is 4.90 Å². The summed E-state index contributed by atoms with van der Waals surface area (Å²) in [6, 6.07) is 18.8. The molecule has 29 heavy (non-hydrogen) atoms. The first kappa shape index (κ1) is 21.1. The van der Waals surface area contributed by atoms with Gasteiger partial charge in [0.05, 0.1) is 31.4 Å². The van der Waals surface area contributed by atoms with Crippen LogP contribution >= 0.6 is 0 Å². The molecule has 1 N–H and O–H groups in total. The molecule has 0 saturated carbocycles. The van der Waals surface area contributed by atoms with E-state index >= 15 is 0 Å². The van der Waals surface area contributed by atoms with Crippen molar-refractivity contribution in [1.29, 1.82) is 0 Å². The Balaban J connectivity index is 1.62. The molecule has 0 saturated heterocycles. The van der Waals surface area contributed by atoms with Crippen LogP contribution in [0.2, 0.25) is 0 Å². The second kappa shape index (κ2) is 10.8. The molecule has 5 heteroatoms. The van der Waals surface area contributed by atoms with Gasteiger partial charge in [0.15, 0.2) is 0 Å². The molecule has 1 heterocycles. The van der Waals surface area contributed by atoms with Crippen LogP contribution in [-0.4, -0.2) is 40.9 Å². The van der Waals surface area contributed by atoms with Gasteiger partial charge in [0, 0.05) is 0 Å². The molecule has 0 spiro atoms. The molecular weight excluding hydrogens is 366 g/mol. The average molecular weight is 395 g/mol. The van der Waals surface area contributed by atoms with Crippen LogP contribution in [0.5, 0.6) is 0 Å². The molecule has 0 bridgehead atoms. The largest absolute Gasteiger partial charge is 0.445 e. The number of carbonyl (C=O) groups excluding carboxylic acids is 1. The molecule has 0 aromatic heterocycles. The molecule has 0 fully saturated rings. The number of nitrogens with zero attached hydrogens (tertiary/aromatic N) is 1. The third-order valence-corrected chi connectivity index (χ3v) is 5.00. The Labute approximate surface area is 172 Å². The highest BCUT2D eigenvalue weighted by Gasteiger charge is 2.37. The lowest BCUT2D eigenvalue weighted by atomic mass is 10.1. The van der Waals surface area contributed by atoms with Crippen LogP contribution in [-0.2, 0) is 22.7 Å². The topological polar surface area (TPSA) is 59.0 Å². The smallest absolute Gasteiger partial charge is 0.411 e. The lowest BCUT2D eigenvalue weighted by Gasteiger charge is -2.32. The second-order valence-corrected chi connectivity index (χ2v) is 7.25. The van der Waals surface area contributed by atoms with Crippen molar-refractivity contribution in [3.8, 4) is 0 Å². The molecule has 0 unspecified atom stereocenters. The molecule has 0 aliphatic carbocycles. The Morgan fingerprint density at radius 1 is 1.00 bits per heavy atom. The first-order chi connectivity index (χ1) is 14.2. The van der Waals surface area contributed by atoms with Gasteiger partial charge >= 0.3 is 6.09 Å². The van der Waals surface area contributed by atoms with Crippen LogP contribution in [0.4, 0.5) is 4.79 Å². The van der Waals surface area contributed by atoms with E-state index in [0.29, 0.717) is 19.6 Å². The van der Waals surface area contributed by atoms with E-state index in [1.54, 1.807) is 4.90 Å². The fourth-order valence-electron chi connectivity index (χ4n) is 3.49. The number of ether oxygens (including phenoxy) is 2. The number of hydrogen-bond acceptors (Lipinski definition) is 4. The maximum Gasteiger partial charge on any atom is 0.411 e. The Morgan fingerprint density at radius 2 is 1.62 bits per heavy atom. The van der Waals surface area contributed by atoms with Crippen LogP contribution < -0.4 is 0 Å². The Hall–Kier alpha value is -2.63. The maximum atomic E-state index is 12.9. The highest BCUT2D eigenvalue weighted by molar-refractivity contribution is 5.70. The first-order valence-electron chi connectivity index (χ1n) is 10.2. The van der Waals surface area contributed by atoms with E-state index < -0.39 is 18.2 Å². The minimum atomic E-state index is -0.625. The van der Waals surface area contributed by atoms with Gasteiger partial charge in [-0.1, -0.05) is 86.2 Å². The summed E-state index contributed by atoms with van der Waals surface area (Å²) in [4.78, 5) is 14.5. The molecule has 2 aromatic rings. The average Bonchev–Trinajstić information content (AvgIpc) is 3.18. The van der Waals surface area contributed by atoms with Gasteiger partial charge in [-0.15, -0.1) is 0 Å². The van der Waals surface area contributed by atoms with E-state index in [1.807, 2.05) is 79.7 Å². The van der Waals surface area contributed by atoms with Crippen molar-refractivity contribution in [3.05, 3.63) is 83.9 Å². The summed E-state index contributed by atoms with van der Waals surface area (Å²) in [5.41, 5.74) is 2.01. The lowest BCUT2D eigenvalue weighted by molar-refractivity contribution is 0.0152. The molecule has 1 aliphatic rings. The third-order valence-electron chi connectivity index (χ3n) is 5.00. The van der Waals surface area contributed by atoms with E-state index in [1.165, 1.54) is 0 Å². The molecule has 3 rings (SSSR count). The standard InChI is InChI=1S/C24H29NO4/c1-2-9-23(26)22-15-14-21(18-28-16-19-10-5-3-6-11-19)25(22)24(27)29-17-20-12-7-4-8-13-20/h3-8,10-15,21-23,26H,2,9,16-18H2,1H3/t21-,22-,23+/m1/s1. The van der Waals surface area contributed by atoms with Crippen LogP contribution in [0.1, 0.15) is 30.9 Å². The first-order valence-corrected chi connectivity index (χ1v) is 10.2. The molecule has 154 valence electrons. The van der Waals surface area contributed by atoms with Crippen molar-refractivity contribution in [1.82, 2.24) is 4.90 Å². The molecule has 2 aromatic carbocycles. The fourth-order valence-corrected chi connectivity index (χ4v) is 3.49. The monoisotopic (exact) mass is 395 g/mol. The van der Waals surface area contributed by atoms with Crippen molar-refractivity contribution >= 4 is 6.09 Å². The van der Waals surface area contributed by atoms with Crippen LogP contribution in [0, 0.1) is 0 Å². The SMILES string of the molecule is CCC[C@H](O)[C@H]1C=C[C@H](COCc2ccccc2)N1C(=O)OCc1ccccc1. The molecule has 3 atom stereocenters. The molecule has 5 nitrogen and oxygen atoms in total. The van der Waals surface area contributed by atoms with E-state index in [0.717, 1.165) is 17.5 Å². The number of carbonyl (C=O) groups is 1. The zero-order valence-electron chi connectivity index (χ0n) is 16.8. The van der Waals surface area contributed by atoms with Gasteiger partial charge in [0.25, 0.3) is 0 Å². The summed E-state index contributed by atoms with van der Waals surface area (Å²) in [6.07, 6.45) is 4.22. The predicted octanol–water partition coefficient (Wildman–Crippen LogP) is 4.31. The van der Waals surface area contributed by atoms with Crippen molar-refractivity contribution < 1.29 is 19.4 Å². The van der Waals surface area contributed by atoms with Crippen molar-refractivity contribution in [3.63, 3.8) is 0 Å². The Kier molecular flexibility index (Phi) is 7.85. The highest BCUT2D eigenvalue weighted by Crippen LogP contribution is 2.24. The maximum absolute atomic E-state index is 12.9. The summed E-state index contributed by atoms with van der Waals surface area (Å²) in [6.45, 7) is 3.03. The number of hydrogen-bond donors (Lipinski definition) is 1. The Morgan fingerprint density at radius 3 is 2.24 bits per heavy atom. The molecular formula is C24H29NO4. The van der Waals surface area contributed by atoms with Crippen molar-refractivity contribution in [2.75, 3.05) is 6.61 Å². The summed E-state index contributed by atoms with van der Waals surface area (Å²) in [5, 5.41) is 10.5. The summed E-state index contributed by atoms with van der Waals surface area (Å²) < 4.78 is 11.4. The summed E-state index contributed by atoms with van der Waals surface area (Å²) in [7, 11) is 0. The minimum Gasteiger partial charge on any atom is -0.445 e. The number of benzene rings is 2. The predicted molar refractivity (Wildman–Crippen MR) is 112 cm³/mol. The van der Waals surface area contributed by atoms with Gasteiger partial charge in [-0.2, -0.15) is 0 Å². The van der Waals surface area contributed by atoms with Gasteiger partial charge in [0.1, 0.15) is 6.61 Å². The molecule has 0 radical (unpaired) electrons. The van der Waals surface area contributed by atoms with E-state index in [2.05, 4.69) is 0 Å². The normalized spacial score (nSPS) is 19.3. The fraction of sp³-hybridized carbons (Fsp3) is 0.375. The zero-order valence-corrected chi connectivity index (χ0v) is 16.8. The summed E-state index contributed by atoms with van der Waals surface area (Å²) >= 11 is 0. The number of aliphatic hydroxyl groups excluding tert-OH is 1. The minimum absolute atomic E-state index is 0.199.